The molecule has 17 heavy (non-hydrogen) atoms. The van der Waals surface area contributed by atoms with E-state index in [0.717, 1.165) is 5.56 Å². The summed E-state index contributed by atoms with van der Waals surface area (Å²) in [6.07, 6.45) is 2.80. The highest BCUT2D eigenvalue weighted by Gasteiger charge is 2.14. The van der Waals surface area contributed by atoms with Crippen LogP contribution in [0.3, 0.4) is 0 Å². The molecule has 0 aliphatic carbocycles. The first-order valence-electron chi connectivity index (χ1n) is 4.84. The molecule has 4 nitrogen and oxygen atoms in total. The molecule has 0 radical (unpaired) electrons. The van der Waals surface area contributed by atoms with Crippen molar-refractivity contribution >= 4 is 30.2 Å². The highest BCUT2D eigenvalue weighted by Crippen LogP contribution is 2.02. The minimum Gasteiger partial charge on any atom is -0.480 e. The van der Waals surface area contributed by atoms with Crippen molar-refractivity contribution in [3.05, 3.63) is 42.0 Å². The molecule has 0 amide bonds. The molecule has 1 aromatic rings. The van der Waals surface area contributed by atoms with Gasteiger partial charge in [-0.3, -0.25) is 9.59 Å². The fourth-order valence-corrected chi connectivity index (χ4v) is 1.13. The van der Waals surface area contributed by atoms with E-state index in [1.807, 2.05) is 30.3 Å². The van der Waals surface area contributed by atoms with Gasteiger partial charge in [0.05, 0.1) is 0 Å². The quantitative estimate of drug-likeness (QED) is 0.782. The largest absolute Gasteiger partial charge is 0.480 e. The summed E-state index contributed by atoms with van der Waals surface area (Å²) in [7, 11) is 0. The van der Waals surface area contributed by atoms with Gasteiger partial charge in [-0.1, -0.05) is 36.4 Å². The molecule has 92 valence electrons. The van der Waals surface area contributed by atoms with E-state index in [-0.39, 0.29) is 24.6 Å². The molecular weight excluding hydrogens is 242 g/mol. The van der Waals surface area contributed by atoms with Gasteiger partial charge in [-0.25, -0.2) is 0 Å². The van der Waals surface area contributed by atoms with E-state index in [2.05, 4.69) is 0 Å². The van der Waals surface area contributed by atoms with Crippen molar-refractivity contribution < 1.29 is 14.7 Å². The lowest BCUT2D eigenvalue weighted by atomic mass is 10.1. The van der Waals surface area contributed by atoms with E-state index in [4.69, 9.17) is 10.8 Å². The van der Waals surface area contributed by atoms with Crippen LogP contribution in [0.25, 0.3) is 6.08 Å². The standard InChI is InChI=1S/C12H13NO3.ClH/c13-11(12(15)16)8-10(14)7-6-9-4-2-1-3-5-9;/h1-7,11H,8,13H2,(H,15,16);1H/b7-6+;/t11-;/m0./s1. The molecule has 0 saturated heterocycles. The predicted molar refractivity (Wildman–Crippen MR) is 68.0 cm³/mol. The second kappa shape index (κ2) is 7.60. The molecule has 0 aliphatic rings. The van der Waals surface area contributed by atoms with Gasteiger partial charge in [0.15, 0.2) is 5.78 Å². The lowest BCUT2D eigenvalue weighted by Gasteiger charge is -2.01. The van der Waals surface area contributed by atoms with Crippen LogP contribution < -0.4 is 5.73 Å². The Morgan fingerprint density at radius 1 is 1.29 bits per heavy atom. The minimum atomic E-state index is -1.17. The van der Waals surface area contributed by atoms with Gasteiger partial charge < -0.3 is 10.8 Å². The number of hydrogen-bond acceptors (Lipinski definition) is 3. The number of ketones is 1. The number of nitrogens with two attached hydrogens (primary N) is 1. The van der Waals surface area contributed by atoms with E-state index in [9.17, 15) is 9.59 Å². The van der Waals surface area contributed by atoms with E-state index in [1.165, 1.54) is 6.08 Å². The monoisotopic (exact) mass is 255 g/mol. The van der Waals surface area contributed by atoms with Gasteiger partial charge in [-0.05, 0) is 11.6 Å². The SMILES string of the molecule is Cl.N[C@@H](CC(=O)/C=C/c1ccccc1)C(=O)O. The number of rotatable bonds is 5. The summed E-state index contributed by atoms with van der Waals surface area (Å²) in [5.74, 6) is -1.46. The average Bonchev–Trinajstić information content (AvgIpc) is 2.27. The maximum Gasteiger partial charge on any atom is 0.320 e. The highest BCUT2D eigenvalue weighted by molar-refractivity contribution is 5.96. The molecule has 0 fully saturated rings. The van der Waals surface area contributed by atoms with Crippen molar-refractivity contribution in [2.75, 3.05) is 0 Å². The second-order valence-electron chi connectivity index (χ2n) is 3.36. The fraction of sp³-hybridized carbons (Fsp3) is 0.167. The van der Waals surface area contributed by atoms with Crippen LogP contribution in [0.15, 0.2) is 36.4 Å². The number of carbonyl (C=O) groups is 2. The number of aliphatic carboxylic acids is 1. The molecule has 1 aromatic carbocycles. The van der Waals surface area contributed by atoms with Gasteiger partial charge in [0.2, 0.25) is 0 Å². The van der Waals surface area contributed by atoms with E-state index < -0.39 is 12.0 Å². The number of carboxylic acid groups (broad SMARTS) is 1. The molecule has 0 aromatic heterocycles. The highest BCUT2D eigenvalue weighted by atomic mass is 35.5. The first-order chi connectivity index (χ1) is 7.59. The lowest BCUT2D eigenvalue weighted by molar-refractivity contribution is -0.139. The topological polar surface area (TPSA) is 80.4 Å². The summed E-state index contributed by atoms with van der Waals surface area (Å²) >= 11 is 0. The molecule has 1 atom stereocenters. The van der Waals surface area contributed by atoms with Crippen LogP contribution in [-0.4, -0.2) is 22.9 Å². The Morgan fingerprint density at radius 2 is 1.88 bits per heavy atom. The van der Waals surface area contributed by atoms with Crippen molar-refractivity contribution in [3.63, 3.8) is 0 Å². The maximum absolute atomic E-state index is 11.3. The predicted octanol–water partition coefficient (Wildman–Crippen LogP) is 1.49. The number of hydrogen-bond donors (Lipinski definition) is 2. The Kier molecular flexibility index (Phi) is 6.86. The smallest absolute Gasteiger partial charge is 0.320 e. The van der Waals surface area contributed by atoms with Gasteiger partial charge >= 0.3 is 5.97 Å². The second-order valence-corrected chi connectivity index (χ2v) is 3.36. The maximum atomic E-state index is 11.3. The number of carboxylic acids is 1. The molecule has 1 rings (SSSR count). The molecule has 0 saturated carbocycles. The zero-order chi connectivity index (χ0) is 12.0. The van der Waals surface area contributed by atoms with Crippen molar-refractivity contribution in [1.82, 2.24) is 0 Å². The molecule has 3 N–H and O–H groups in total. The van der Waals surface area contributed by atoms with Crippen LogP contribution >= 0.6 is 12.4 Å². The molecule has 0 aliphatic heterocycles. The molecule has 0 bridgehead atoms. The van der Waals surface area contributed by atoms with E-state index in [0.29, 0.717) is 0 Å². The molecule has 0 unspecified atom stereocenters. The van der Waals surface area contributed by atoms with Gasteiger partial charge in [-0.2, -0.15) is 0 Å². The molecule has 0 spiro atoms. The van der Waals surface area contributed by atoms with Crippen LogP contribution in [0.2, 0.25) is 0 Å². The summed E-state index contributed by atoms with van der Waals surface area (Å²) in [5.41, 5.74) is 6.12. The summed E-state index contributed by atoms with van der Waals surface area (Å²) in [6.45, 7) is 0. The Bertz CT molecular complexity index is 403. The summed E-state index contributed by atoms with van der Waals surface area (Å²) in [5, 5.41) is 8.51. The fourth-order valence-electron chi connectivity index (χ4n) is 1.13. The molecule has 0 heterocycles. The molecular formula is C12H14ClNO3. The number of benzene rings is 1. The van der Waals surface area contributed by atoms with Crippen LogP contribution in [-0.2, 0) is 9.59 Å². The van der Waals surface area contributed by atoms with Crippen LogP contribution in [0.1, 0.15) is 12.0 Å². The van der Waals surface area contributed by atoms with Gasteiger partial charge in [0, 0.05) is 6.42 Å². The van der Waals surface area contributed by atoms with E-state index >= 15 is 0 Å². The third-order valence-electron chi connectivity index (χ3n) is 2.00. The number of allylic oxidation sites excluding steroid dienone is 1. The Morgan fingerprint density at radius 3 is 2.41 bits per heavy atom. The Labute approximate surface area is 106 Å². The number of carbonyl (C=O) groups excluding carboxylic acids is 1. The van der Waals surface area contributed by atoms with Crippen LogP contribution in [0.5, 0.6) is 0 Å². The summed E-state index contributed by atoms with van der Waals surface area (Å²) in [4.78, 5) is 21.7. The Balaban J connectivity index is 0.00000256. The van der Waals surface area contributed by atoms with Crippen molar-refractivity contribution in [1.29, 1.82) is 0 Å². The third-order valence-corrected chi connectivity index (χ3v) is 2.00. The van der Waals surface area contributed by atoms with Gasteiger partial charge in [0.1, 0.15) is 6.04 Å². The lowest BCUT2D eigenvalue weighted by Crippen LogP contribution is -2.32. The van der Waals surface area contributed by atoms with Gasteiger partial charge in [0.25, 0.3) is 0 Å². The number of halogens is 1. The first-order valence-corrected chi connectivity index (χ1v) is 4.84. The minimum absolute atomic E-state index is 0. The summed E-state index contributed by atoms with van der Waals surface area (Å²) in [6, 6.07) is 8.15. The van der Waals surface area contributed by atoms with Crippen molar-refractivity contribution in [2.24, 2.45) is 5.73 Å². The Hall–Kier alpha value is -1.65. The average molecular weight is 256 g/mol. The summed E-state index contributed by atoms with van der Waals surface area (Å²) < 4.78 is 0. The normalized spacial score (nSPS) is 11.8. The first kappa shape index (κ1) is 15.3. The van der Waals surface area contributed by atoms with Crippen molar-refractivity contribution in [2.45, 2.75) is 12.5 Å². The van der Waals surface area contributed by atoms with Crippen molar-refractivity contribution in [3.8, 4) is 0 Å². The van der Waals surface area contributed by atoms with E-state index in [1.54, 1.807) is 6.08 Å². The third kappa shape index (κ3) is 5.85. The van der Waals surface area contributed by atoms with Gasteiger partial charge in [-0.15, -0.1) is 12.4 Å². The molecule has 5 heteroatoms. The van der Waals surface area contributed by atoms with Crippen LogP contribution in [0, 0.1) is 0 Å². The van der Waals surface area contributed by atoms with Crippen LogP contribution in [0.4, 0.5) is 0 Å². The zero-order valence-electron chi connectivity index (χ0n) is 9.08. The zero-order valence-corrected chi connectivity index (χ0v) is 9.89.